The van der Waals surface area contributed by atoms with Crippen molar-refractivity contribution < 1.29 is 4.79 Å². The summed E-state index contributed by atoms with van der Waals surface area (Å²) in [7, 11) is 1.93. The van der Waals surface area contributed by atoms with Gasteiger partial charge in [-0.2, -0.15) is 4.68 Å². The van der Waals surface area contributed by atoms with Crippen molar-refractivity contribution in [3.8, 4) is 0 Å². The van der Waals surface area contributed by atoms with Gasteiger partial charge in [0.2, 0.25) is 5.91 Å². The Labute approximate surface area is 188 Å². The number of aromatic nitrogens is 4. The van der Waals surface area contributed by atoms with E-state index in [0.717, 1.165) is 29.7 Å². The highest BCUT2D eigenvalue weighted by Gasteiger charge is 2.33. The van der Waals surface area contributed by atoms with Crippen molar-refractivity contribution in [3.63, 3.8) is 0 Å². The van der Waals surface area contributed by atoms with Crippen molar-refractivity contribution in [2.75, 3.05) is 18.5 Å². The van der Waals surface area contributed by atoms with E-state index in [0.29, 0.717) is 12.0 Å². The summed E-state index contributed by atoms with van der Waals surface area (Å²) in [4.78, 5) is 17.2. The van der Waals surface area contributed by atoms with Gasteiger partial charge in [0.05, 0.1) is 5.70 Å². The van der Waals surface area contributed by atoms with Crippen molar-refractivity contribution in [3.05, 3.63) is 77.9 Å². The molecule has 5 rings (SSSR count). The third-order valence-corrected chi connectivity index (χ3v) is 6.61. The molecular formula is C25H28N6O. The molecule has 2 aliphatic rings. The molecule has 1 amide bonds. The Hall–Kier alpha value is -3.48. The Balaban J connectivity index is 1.51. The van der Waals surface area contributed by atoms with E-state index in [9.17, 15) is 4.79 Å². The van der Waals surface area contributed by atoms with Crippen molar-refractivity contribution in [2.24, 2.45) is 0 Å². The molecule has 0 spiro atoms. The molecule has 164 valence electrons. The summed E-state index contributed by atoms with van der Waals surface area (Å²) in [6.07, 6.45) is 7.97. The number of benzene rings is 2. The smallest absolute Gasteiger partial charge is 0.251 e. The van der Waals surface area contributed by atoms with Gasteiger partial charge in [-0.15, -0.1) is 0 Å². The number of hydrogen-bond acceptors (Lipinski definition) is 5. The van der Waals surface area contributed by atoms with Gasteiger partial charge in [-0.25, -0.2) is 0 Å². The summed E-state index contributed by atoms with van der Waals surface area (Å²) in [6, 6.07) is 20.5. The van der Waals surface area contributed by atoms with Crippen LogP contribution in [0.2, 0.25) is 0 Å². The second-order valence-corrected chi connectivity index (χ2v) is 8.58. The van der Waals surface area contributed by atoms with Gasteiger partial charge < -0.3 is 4.90 Å². The Morgan fingerprint density at radius 2 is 1.69 bits per heavy atom. The molecule has 2 aromatic carbocycles. The summed E-state index contributed by atoms with van der Waals surface area (Å²) in [5.74, 6) is 0.678. The highest BCUT2D eigenvalue weighted by molar-refractivity contribution is 5.89. The molecule has 32 heavy (non-hydrogen) atoms. The van der Waals surface area contributed by atoms with Gasteiger partial charge in [0.25, 0.3) is 5.95 Å². The van der Waals surface area contributed by atoms with E-state index in [1.807, 2.05) is 53.2 Å². The third kappa shape index (κ3) is 3.90. The van der Waals surface area contributed by atoms with E-state index < -0.39 is 0 Å². The molecule has 1 aliphatic carbocycles. The largest absolute Gasteiger partial charge is 0.341 e. The van der Waals surface area contributed by atoms with Gasteiger partial charge in [-0.3, -0.25) is 9.69 Å². The molecule has 1 aromatic heterocycles. The van der Waals surface area contributed by atoms with Gasteiger partial charge in [-0.05, 0) is 40.5 Å². The zero-order valence-corrected chi connectivity index (χ0v) is 18.3. The van der Waals surface area contributed by atoms with Gasteiger partial charge in [-0.1, -0.05) is 85.0 Å². The van der Waals surface area contributed by atoms with Crippen LogP contribution in [0.3, 0.4) is 0 Å². The van der Waals surface area contributed by atoms with E-state index in [2.05, 4.69) is 45.9 Å². The molecule has 1 atom stereocenters. The number of hydrogen-bond donors (Lipinski definition) is 0. The maximum Gasteiger partial charge on any atom is 0.251 e. The fraction of sp³-hybridized carbons (Fsp3) is 0.360. The van der Waals surface area contributed by atoms with Gasteiger partial charge in [0.15, 0.2) is 0 Å². The lowest BCUT2D eigenvalue weighted by molar-refractivity contribution is -0.130. The summed E-state index contributed by atoms with van der Waals surface area (Å²) in [6.45, 7) is 0.204. The number of fused-ring (bicyclic) bond motifs is 1. The summed E-state index contributed by atoms with van der Waals surface area (Å²) in [5, 5.41) is 12.6. The number of nitrogens with zero attached hydrogens (tertiary/aromatic N) is 6. The third-order valence-electron chi connectivity index (χ3n) is 6.61. The van der Waals surface area contributed by atoms with Crippen LogP contribution in [0, 0.1) is 0 Å². The number of allylic oxidation sites excluding steroid dienone is 1. The molecule has 2 heterocycles. The lowest BCUT2D eigenvalue weighted by Gasteiger charge is -2.36. The minimum atomic E-state index is -0.140. The van der Waals surface area contributed by atoms with Crippen molar-refractivity contribution in [1.29, 1.82) is 0 Å². The molecule has 1 aliphatic heterocycles. The number of tetrazole rings is 1. The minimum Gasteiger partial charge on any atom is -0.341 e. The molecule has 7 heteroatoms. The first-order valence-electron chi connectivity index (χ1n) is 11.4. The minimum absolute atomic E-state index is 0.0893. The normalized spacial score (nSPS) is 18.7. The molecule has 1 fully saturated rings. The van der Waals surface area contributed by atoms with Crippen molar-refractivity contribution in [2.45, 2.75) is 44.2 Å². The van der Waals surface area contributed by atoms with E-state index in [-0.39, 0.29) is 18.5 Å². The zero-order valence-electron chi connectivity index (χ0n) is 18.3. The number of carbonyl (C=O) groups is 1. The first kappa shape index (κ1) is 20.4. The van der Waals surface area contributed by atoms with E-state index in [1.54, 1.807) is 4.68 Å². The van der Waals surface area contributed by atoms with Gasteiger partial charge in [0.1, 0.15) is 12.6 Å². The van der Waals surface area contributed by atoms with Crippen LogP contribution in [0.25, 0.3) is 5.70 Å². The Morgan fingerprint density at radius 3 is 2.41 bits per heavy atom. The molecule has 1 saturated carbocycles. The molecule has 0 N–H and O–H groups in total. The SMILES string of the molecule is CN(C(=O)CN1C(c2ccccc2)=C[C@@H](c2ccccc2)n2nnnc21)C1CCCCC1. The first-order valence-corrected chi connectivity index (χ1v) is 11.4. The lowest BCUT2D eigenvalue weighted by atomic mass is 9.94. The Morgan fingerprint density at radius 1 is 1.00 bits per heavy atom. The first-order chi connectivity index (χ1) is 15.7. The monoisotopic (exact) mass is 428 g/mol. The quantitative estimate of drug-likeness (QED) is 0.616. The predicted molar refractivity (Wildman–Crippen MR) is 124 cm³/mol. The van der Waals surface area contributed by atoms with Crippen LogP contribution >= 0.6 is 0 Å². The van der Waals surface area contributed by atoms with Crippen LogP contribution in [0.1, 0.15) is 49.3 Å². The summed E-state index contributed by atoms with van der Waals surface area (Å²) in [5.41, 5.74) is 3.09. The molecule has 0 saturated heterocycles. The number of likely N-dealkylation sites (N-methyl/N-ethyl adjacent to an activating group) is 1. The maximum atomic E-state index is 13.3. The predicted octanol–water partition coefficient (Wildman–Crippen LogP) is 3.91. The second-order valence-electron chi connectivity index (χ2n) is 8.58. The van der Waals surface area contributed by atoms with E-state index >= 15 is 0 Å². The highest BCUT2D eigenvalue weighted by Crippen LogP contribution is 2.36. The fourth-order valence-electron chi connectivity index (χ4n) is 4.79. The average Bonchev–Trinajstić information content (AvgIpc) is 3.35. The summed E-state index contributed by atoms with van der Waals surface area (Å²) >= 11 is 0. The Kier molecular flexibility index (Phi) is 5.71. The number of amides is 1. The lowest BCUT2D eigenvalue weighted by Crippen LogP contribution is -2.45. The van der Waals surface area contributed by atoms with Crippen LogP contribution in [0.15, 0.2) is 66.7 Å². The van der Waals surface area contributed by atoms with Crippen LogP contribution in [-0.2, 0) is 4.79 Å². The van der Waals surface area contributed by atoms with Crippen LogP contribution in [-0.4, -0.2) is 50.6 Å². The number of anilines is 1. The molecule has 7 nitrogen and oxygen atoms in total. The molecule has 3 aromatic rings. The fourth-order valence-corrected chi connectivity index (χ4v) is 4.79. The standard InChI is InChI=1S/C25H28N6O/c1-29(21-15-9-4-10-16-21)24(32)18-30-22(19-11-5-2-6-12-19)17-23(20-13-7-3-8-14-20)31-25(30)26-27-28-31/h2-3,5-8,11-14,17,21,23H,4,9-10,15-16,18H2,1H3/t23-/m0/s1. The Bertz CT molecular complexity index is 1090. The topological polar surface area (TPSA) is 67.2 Å². The molecule has 0 bridgehead atoms. The summed E-state index contributed by atoms with van der Waals surface area (Å²) < 4.78 is 1.80. The van der Waals surface area contributed by atoms with Crippen LogP contribution in [0.4, 0.5) is 5.95 Å². The highest BCUT2D eigenvalue weighted by atomic mass is 16.2. The van der Waals surface area contributed by atoms with Crippen LogP contribution in [0.5, 0.6) is 0 Å². The van der Waals surface area contributed by atoms with Crippen molar-refractivity contribution in [1.82, 2.24) is 25.1 Å². The maximum absolute atomic E-state index is 13.3. The number of carbonyl (C=O) groups excluding carboxylic acids is 1. The molecule has 0 radical (unpaired) electrons. The van der Waals surface area contributed by atoms with Gasteiger partial charge in [0, 0.05) is 13.1 Å². The molecular weight excluding hydrogens is 400 g/mol. The van der Waals surface area contributed by atoms with Gasteiger partial charge >= 0.3 is 0 Å². The van der Waals surface area contributed by atoms with E-state index in [4.69, 9.17) is 0 Å². The number of rotatable bonds is 5. The molecule has 0 unspecified atom stereocenters. The average molecular weight is 429 g/mol. The second kappa shape index (κ2) is 8.94. The van der Waals surface area contributed by atoms with E-state index in [1.165, 1.54) is 19.3 Å². The zero-order chi connectivity index (χ0) is 21.9. The van der Waals surface area contributed by atoms with Crippen LogP contribution < -0.4 is 4.90 Å². The van der Waals surface area contributed by atoms with Crippen molar-refractivity contribution >= 4 is 17.6 Å².